The predicted molar refractivity (Wildman–Crippen MR) is 122 cm³/mol. The van der Waals surface area contributed by atoms with E-state index in [-0.39, 0.29) is 16.8 Å². The van der Waals surface area contributed by atoms with Crippen molar-refractivity contribution < 1.29 is 18.0 Å². The van der Waals surface area contributed by atoms with Gasteiger partial charge in [-0.15, -0.1) is 0 Å². The van der Waals surface area contributed by atoms with Crippen LogP contribution >= 0.6 is 11.6 Å². The highest BCUT2D eigenvalue weighted by atomic mass is 35.5. The van der Waals surface area contributed by atoms with Gasteiger partial charge in [-0.2, -0.15) is 13.2 Å². The van der Waals surface area contributed by atoms with Gasteiger partial charge in [0.2, 0.25) is 5.91 Å². The third-order valence-corrected chi connectivity index (χ3v) is 6.69. The van der Waals surface area contributed by atoms with E-state index in [1.807, 2.05) is 4.90 Å². The molecule has 5 nitrogen and oxygen atoms in total. The molecule has 0 saturated carbocycles. The van der Waals surface area contributed by atoms with Crippen molar-refractivity contribution in [3.8, 4) is 0 Å². The van der Waals surface area contributed by atoms with Crippen molar-refractivity contribution in [2.75, 3.05) is 31.1 Å². The molecule has 0 unspecified atom stereocenters. The highest BCUT2D eigenvalue weighted by Gasteiger charge is 2.33. The van der Waals surface area contributed by atoms with E-state index in [0.29, 0.717) is 38.3 Å². The Labute approximate surface area is 196 Å². The maximum absolute atomic E-state index is 12.8. The minimum absolute atomic E-state index is 0.00210. The SMILES string of the molecule is O=C(NCc1ccc(CN2CCCC2)cc1)C1CCN(c2ncc(C(F)(F)F)cc2Cl)CC1. The van der Waals surface area contributed by atoms with Gasteiger partial charge in [0.15, 0.2) is 0 Å². The first-order valence-electron chi connectivity index (χ1n) is 11.3. The van der Waals surface area contributed by atoms with Gasteiger partial charge in [-0.05, 0) is 56.0 Å². The molecule has 2 aliphatic rings. The lowest BCUT2D eigenvalue weighted by Gasteiger charge is -2.32. The van der Waals surface area contributed by atoms with Gasteiger partial charge in [0.1, 0.15) is 5.82 Å². The third-order valence-electron chi connectivity index (χ3n) is 6.41. The maximum Gasteiger partial charge on any atom is 0.417 e. The normalized spacial score (nSPS) is 18.0. The fourth-order valence-corrected chi connectivity index (χ4v) is 4.75. The first kappa shape index (κ1) is 23.8. The highest BCUT2D eigenvalue weighted by Crippen LogP contribution is 2.34. The van der Waals surface area contributed by atoms with Gasteiger partial charge >= 0.3 is 6.18 Å². The third kappa shape index (κ3) is 6.18. The number of rotatable bonds is 6. The lowest BCUT2D eigenvalue weighted by molar-refractivity contribution is -0.137. The molecule has 178 valence electrons. The molecule has 1 aromatic carbocycles. The Kier molecular flexibility index (Phi) is 7.44. The summed E-state index contributed by atoms with van der Waals surface area (Å²) in [5, 5.41) is 2.99. The zero-order chi connectivity index (χ0) is 23.4. The largest absolute Gasteiger partial charge is 0.417 e. The number of piperidine rings is 1. The summed E-state index contributed by atoms with van der Waals surface area (Å²) in [6.07, 6.45) is 0.0675. The summed E-state index contributed by atoms with van der Waals surface area (Å²) in [5.74, 6) is 0.198. The van der Waals surface area contributed by atoms with Crippen molar-refractivity contribution in [1.82, 2.24) is 15.2 Å². The number of nitrogens with zero attached hydrogens (tertiary/aromatic N) is 3. The highest BCUT2D eigenvalue weighted by molar-refractivity contribution is 6.33. The van der Waals surface area contributed by atoms with Crippen LogP contribution in [-0.2, 0) is 24.1 Å². The Bertz CT molecular complexity index is 953. The average molecular weight is 481 g/mol. The Balaban J connectivity index is 1.24. The molecule has 2 aromatic rings. The van der Waals surface area contributed by atoms with Crippen LogP contribution < -0.4 is 10.2 Å². The van der Waals surface area contributed by atoms with E-state index in [9.17, 15) is 18.0 Å². The molecule has 1 amide bonds. The van der Waals surface area contributed by atoms with E-state index >= 15 is 0 Å². The number of amides is 1. The molecule has 3 heterocycles. The topological polar surface area (TPSA) is 48.5 Å². The standard InChI is InChI=1S/C24H28ClF3N4O/c25-21-13-20(24(26,27)28)15-29-22(21)32-11-7-19(8-12-32)23(33)30-14-17-3-5-18(6-4-17)16-31-9-1-2-10-31/h3-6,13,15,19H,1-2,7-12,14,16H2,(H,30,33). The molecule has 4 rings (SSSR count). The molecule has 9 heteroatoms. The number of aromatic nitrogens is 1. The van der Waals surface area contributed by atoms with Crippen LogP contribution in [0.25, 0.3) is 0 Å². The van der Waals surface area contributed by atoms with Crippen LogP contribution in [-0.4, -0.2) is 42.0 Å². The minimum Gasteiger partial charge on any atom is -0.355 e. The van der Waals surface area contributed by atoms with E-state index in [0.717, 1.165) is 37.5 Å². The molecule has 1 N–H and O–H groups in total. The number of carbonyl (C=O) groups is 1. The Morgan fingerprint density at radius 2 is 1.70 bits per heavy atom. The lowest BCUT2D eigenvalue weighted by atomic mass is 9.95. The number of nitrogens with one attached hydrogen (secondary N) is 1. The van der Waals surface area contributed by atoms with E-state index in [1.54, 1.807) is 0 Å². The molecule has 2 fully saturated rings. The van der Waals surface area contributed by atoms with Crippen LogP contribution in [0.5, 0.6) is 0 Å². The number of halogens is 4. The molecule has 1 aromatic heterocycles. The summed E-state index contributed by atoms with van der Waals surface area (Å²) in [5.41, 5.74) is 1.48. The van der Waals surface area contributed by atoms with E-state index in [4.69, 9.17) is 11.6 Å². The van der Waals surface area contributed by atoms with Crippen molar-refractivity contribution in [1.29, 1.82) is 0 Å². The summed E-state index contributed by atoms with van der Waals surface area (Å²) in [6.45, 7) is 4.82. The van der Waals surface area contributed by atoms with Crippen molar-refractivity contribution in [2.24, 2.45) is 5.92 Å². The van der Waals surface area contributed by atoms with Crippen LogP contribution in [0, 0.1) is 5.92 Å². The molecular weight excluding hydrogens is 453 g/mol. The molecule has 0 aliphatic carbocycles. The zero-order valence-electron chi connectivity index (χ0n) is 18.4. The lowest BCUT2D eigenvalue weighted by Crippen LogP contribution is -2.40. The first-order valence-corrected chi connectivity index (χ1v) is 11.7. The summed E-state index contributed by atoms with van der Waals surface area (Å²) in [4.78, 5) is 20.8. The van der Waals surface area contributed by atoms with Crippen molar-refractivity contribution >= 4 is 23.3 Å². The summed E-state index contributed by atoms with van der Waals surface area (Å²) in [6, 6.07) is 9.27. The van der Waals surface area contributed by atoms with Crippen LogP contribution in [0.3, 0.4) is 0 Å². The number of alkyl halides is 3. The van der Waals surface area contributed by atoms with Gasteiger partial charge in [0.25, 0.3) is 0 Å². The van der Waals surface area contributed by atoms with E-state index in [2.05, 4.69) is 39.5 Å². The number of pyridine rings is 1. The first-order chi connectivity index (χ1) is 15.8. The van der Waals surface area contributed by atoms with Crippen molar-refractivity contribution in [3.63, 3.8) is 0 Å². The number of hydrogen-bond acceptors (Lipinski definition) is 4. The number of hydrogen-bond donors (Lipinski definition) is 1. The molecular formula is C24H28ClF3N4O. The molecule has 0 atom stereocenters. The second-order valence-electron chi connectivity index (χ2n) is 8.81. The molecule has 33 heavy (non-hydrogen) atoms. The Hall–Kier alpha value is -2.32. The van der Waals surface area contributed by atoms with Gasteiger partial charge in [-0.25, -0.2) is 4.98 Å². The van der Waals surface area contributed by atoms with Crippen molar-refractivity contribution in [3.05, 3.63) is 58.2 Å². The van der Waals surface area contributed by atoms with E-state index < -0.39 is 11.7 Å². The van der Waals surface area contributed by atoms with Crippen LogP contribution in [0.1, 0.15) is 42.4 Å². The fraction of sp³-hybridized carbons (Fsp3) is 0.500. The molecule has 0 bridgehead atoms. The second kappa shape index (κ2) is 10.3. The van der Waals surface area contributed by atoms with Crippen LogP contribution in [0.4, 0.5) is 19.0 Å². The zero-order valence-corrected chi connectivity index (χ0v) is 19.1. The molecule has 2 saturated heterocycles. The predicted octanol–water partition coefficient (Wildman–Crippen LogP) is 4.88. The monoisotopic (exact) mass is 480 g/mol. The summed E-state index contributed by atoms with van der Waals surface area (Å²) >= 11 is 6.06. The van der Waals surface area contributed by atoms with Gasteiger partial charge < -0.3 is 10.2 Å². The number of carbonyl (C=O) groups excluding carboxylic acids is 1. The molecule has 0 spiro atoms. The van der Waals surface area contributed by atoms with Crippen LogP contribution in [0.15, 0.2) is 36.5 Å². The second-order valence-corrected chi connectivity index (χ2v) is 9.21. The smallest absolute Gasteiger partial charge is 0.355 e. The van der Waals surface area contributed by atoms with Gasteiger partial charge in [0, 0.05) is 38.3 Å². The average Bonchev–Trinajstić information content (AvgIpc) is 3.31. The maximum atomic E-state index is 12.8. The van der Waals surface area contributed by atoms with Gasteiger partial charge in [-0.3, -0.25) is 9.69 Å². The number of benzene rings is 1. The fourth-order valence-electron chi connectivity index (χ4n) is 4.47. The summed E-state index contributed by atoms with van der Waals surface area (Å²) in [7, 11) is 0. The van der Waals surface area contributed by atoms with Gasteiger partial charge in [0.05, 0.1) is 10.6 Å². The molecule has 0 radical (unpaired) electrons. The Morgan fingerprint density at radius 3 is 2.30 bits per heavy atom. The molecule has 2 aliphatic heterocycles. The Morgan fingerprint density at radius 1 is 1.06 bits per heavy atom. The minimum atomic E-state index is -4.48. The van der Waals surface area contributed by atoms with Crippen LogP contribution in [0.2, 0.25) is 5.02 Å². The van der Waals surface area contributed by atoms with E-state index in [1.165, 1.54) is 18.4 Å². The van der Waals surface area contributed by atoms with Gasteiger partial charge in [-0.1, -0.05) is 35.9 Å². The summed E-state index contributed by atoms with van der Waals surface area (Å²) < 4.78 is 38.5. The number of anilines is 1. The number of likely N-dealkylation sites (tertiary alicyclic amines) is 1. The van der Waals surface area contributed by atoms with Crippen molar-refractivity contribution in [2.45, 2.75) is 44.9 Å². The quantitative estimate of drug-likeness (QED) is 0.640.